The van der Waals surface area contributed by atoms with Gasteiger partial charge in [0.25, 0.3) is 5.91 Å². The van der Waals surface area contributed by atoms with E-state index in [0.29, 0.717) is 24.3 Å². The van der Waals surface area contributed by atoms with Gasteiger partial charge in [-0.05, 0) is 67.2 Å². The third-order valence-electron chi connectivity index (χ3n) is 9.26. The molecule has 1 aliphatic carbocycles. The van der Waals surface area contributed by atoms with Crippen LogP contribution < -0.4 is 0 Å². The Balaban J connectivity index is 0.00000405. The van der Waals surface area contributed by atoms with Crippen LogP contribution >= 0.6 is 12.4 Å². The first-order chi connectivity index (χ1) is 20.0. The molecule has 42 heavy (non-hydrogen) atoms. The van der Waals surface area contributed by atoms with Crippen LogP contribution in [0.3, 0.4) is 0 Å². The zero-order valence-electron chi connectivity index (χ0n) is 25.1. The lowest BCUT2D eigenvalue weighted by molar-refractivity contribution is -0.133. The van der Waals surface area contributed by atoms with Crippen molar-refractivity contribution in [2.45, 2.75) is 63.5 Å². The summed E-state index contributed by atoms with van der Waals surface area (Å²) in [5.74, 6) is 1.30. The molecule has 0 spiro atoms. The van der Waals surface area contributed by atoms with Crippen LogP contribution in [0.25, 0.3) is 0 Å². The van der Waals surface area contributed by atoms with Crippen LogP contribution in [0.1, 0.15) is 66.4 Å². The van der Waals surface area contributed by atoms with E-state index in [1.54, 1.807) is 0 Å². The number of hydrogen-bond acceptors (Lipinski definition) is 3. The Morgan fingerprint density at radius 1 is 0.810 bits per heavy atom. The maximum Gasteiger partial charge on any atom is 0.253 e. The molecular weight excluding hydrogens is 542 g/mol. The summed E-state index contributed by atoms with van der Waals surface area (Å²) in [6, 6.07) is 31.2. The van der Waals surface area contributed by atoms with Crippen LogP contribution in [-0.2, 0) is 11.2 Å². The number of benzene rings is 3. The molecular formula is C36H46ClN3O2. The Morgan fingerprint density at radius 3 is 2.02 bits per heavy atom. The van der Waals surface area contributed by atoms with Crippen LogP contribution in [-0.4, -0.2) is 71.8 Å². The van der Waals surface area contributed by atoms with Gasteiger partial charge in [-0.1, -0.05) is 85.8 Å². The minimum absolute atomic E-state index is 0. The van der Waals surface area contributed by atoms with Crippen LogP contribution in [0.2, 0.25) is 0 Å². The Hall–Kier alpha value is -3.15. The van der Waals surface area contributed by atoms with Gasteiger partial charge in [0.2, 0.25) is 5.91 Å². The average molecular weight is 588 g/mol. The Kier molecular flexibility index (Phi) is 11.6. The number of likely N-dealkylation sites (tertiary alicyclic amines) is 1. The molecule has 3 unspecified atom stereocenters. The van der Waals surface area contributed by atoms with Crippen molar-refractivity contribution in [1.82, 2.24) is 14.7 Å². The average Bonchev–Trinajstić information content (AvgIpc) is 3.44. The fourth-order valence-corrected chi connectivity index (χ4v) is 7.04. The van der Waals surface area contributed by atoms with Crippen molar-refractivity contribution >= 4 is 24.2 Å². The predicted octanol–water partition coefficient (Wildman–Crippen LogP) is 6.69. The Bertz CT molecular complexity index is 1250. The molecule has 0 N–H and O–H groups in total. The SMILES string of the molecule is CCCN(C(=O)Cc1ccccc1)C1CCN(CC2CC(N(C)C(=O)c3ccccc3)CC2c2ccccc2)CC1.Cl. The lowest BCUT2D eigenvalue weighted by Gasteiger charge is -2.40. The molecule has 2 amide bonds. The molecule has 1 heterocycles. The highest BCUT2D eigenvalue weighted by Crippen LogP contribution is 2.42. The second kappa shape index (κ2) is 15.4. The second-order valence-electron chi connectivity index (χ2n) is 12.0. The molecule has 3 atom stereocenters. The third kappa shape index (κ3) is 7.81. The molecule has 0 aromatic heterocycles. The van der Waals surface area contributed by atoms with Gasteiger partial charge in [-0.2, -0.15) is 0 Å². The van der Waals surface area contributed by atoms with Gasteiger partial charge < -0.3 is 14.7 Å². The van der Waals surface area contributed by atoms with E-state index in [1.165, 1.54) is 5.56 Å². The number of carbonyl (C=O) groups is 2. The third-order valence-corrected chi connectivity index (χ3v) is 9.26. The van der Waals surface area contributed by atoms with E-state index in [9.17, 15) is 9.59 Å². The topological polar surface area (TPSA) is 43.9 Å². The van der Waals surface area contributed by atoms with E-state index in [-0.39, 0.29) is 30.3 Å². The predicted molar refractivity (Wildman–Crippen MR) is 173 cm³/mol. The van der Waals surface area contributed by atoms with E-state index in [1.807, 2.05) is 72.6 Å². The number of piperidine rings is 1. The summed E-state index contributed by atoms with van der Waals surface area (Å²) >= 11 is 0. The number of rotatable bonds is 10. The highest BCUT2D eigenvalue weighted by Gasteiger charge is 2.40. The van der Waals surface area contributed by atoms with E-state index in [0.717, 1.165) is 69.4 Å². The van der Waals surface area contributed by atoms with E-state index < -0.39 is 0 Å². The standard InChI is InChI=1S/C36H45N3O2.ClH/c1-3-21-39(35(40)24-28-13-7-4-8-14-28)32-19-22-38(23-20-32)27-31-25-33(26-34(31)29-15-9-5-10-16-29)37(2)36(41)30-17-11-6-12-18-30;/h4-18,31-34H,3,19-27H2,1-2H3;1H. The summed E-state index contributed by atoms with van der Waals surface area (Å²) in [6.45, 7) is 6.08. The lowest BCUT2D eigenvalue weighted by Crippen LogP contribution is -2.49. The first-order valence-corrected chi connectivity index (χ1v) is 15.5. The molecule has 0 bridgehead atoms. The van der Waals surface area contributed by atoms with E-state index >= 15 is 0 Å². The summed E-state index contributed by atoms with van der Waals surface area (Å²) in [4.78, 5) is 33.3. The highest BCUT2D eigenvalue weighted by molar-refractivity contribution is 5.94. The maximum atomic E-state index is 13.3. The van der Waals surface area contributed by atoms with Crippen molar-refractivity contribution in [3.63, 3.8) is 0 Å². The molecule has 1 saturated heterocycles. The van der Waals surface area contributed by atoms with Gasteiger partial charge in [0.05, 0.1) is 6.42 Å². The summed E-state index contributed by atoms with van der Waals surface area (Å²) in [6.07, 6.45) is 5.54. The van der Waals surface area contributed by atoms with Gasteiger partial charge in [0, 0.05) is 50.9 Å². The molecule has 6 heteroatoms. The van der Waals surface area contributed by atoms with Crippen molar-refractivity contribution in [1.29, 1.82) is 0 Å². The summed E-state index contributed by atoms with van der Waals surface area (Å²) in [7, 11) is 1.98. The summed E-state index contributed by atoms with van der Waals surface area (Å²) < 4.78 is 0. The van der Waals surface area contributed by atoms with E-state index in [4.69, 9.17) is 0 Å². The molecule has 224 valence electrons. The molecule has 2 fully saturated rings. The van der Waals surface area contributed by atoms with Gasteiger partial charge in [-0.15, -0.1) is 12.4 Å². The molecule has 1 saturated carbocycles. The summed E-state index contributed by atoms with van der Waals surface area (Å²) in [5, 5.41) is 0. The zero-order valence-corrected chi connectivity index (χ0v) is 25.9. The fourth-order valence-electron chi connectivity index (χ4n) is 7.04. The molecule has 2 aliphatic rings. The van der Waals surface area contributed by atoms with Crippen molar-refractivity contribution < 1.29 is 9.59 Å². The van der Waals surface area contributed by atoms with Crippen molar-refractivity contribution in [3.8, 4) is 0 Å². The second-order valence-corrected chi connectivity index (χ2v) is 12.0. The van der Waals surface area contributed by atoms with Crippen LogP contribution in [0, 0.1) is 5.92 Å². The number of carbonyl (C=O) groups excluding carboxylic acids is 2. The fraction of sp³-hybridized carbons (Fsp3) is 0.444. The van der Waals surface area contributed by atoms with Crippen LogP contribution in [0.4, 0.5) is 0 Å². The largest absolute Gasteiger partial charge is 0.339 e. The maximum absolute atomic E-state index is 13.3. The minimum Gasteiger partial charge on any atom is -0.339 e. The van der Waals surface area contributed by atoms with Crippen molar-refractivity contribution in [2.75, 3.05) is 33.2 Å². The Labute approximate surface area is 258 Å². The minimum atomic E-state index is 0. The molecule has 5 nitrogen and oxygen atoms in total. The smallest absolute Gasteiger partial charge is 0.253 e. The van der Waals surface area contributed by atoms with Crippen molar-refractivity contribution in [2.24, 2.45) is 5.92 Å². The van der Waals surface area contributed by atoms with Gasteiger partial charge in [-0.25, -0.2) is 0 Å². The van der Waals surface area contributed by atoms with Crippen molar-refractivity contribution in [3.05, 3.63) is 108 Å². The molecule has 5 rings (SSSR count). The first kappa shape index (κ1) is 31.8. The highest BCUT2D eigenvalue weighted by atomic mass is 35.5. The summed E-state index contributed by atoms with van der Waals surface area (Å²) in [5.41, 5.74) is 3.24. The van der Waals surface area contributed by atoms with Crippen LogP contribution in [0.15, 0.2) is 91.0 Å². The van der Waals surface area contributed by atoms with Crippen LogP contribution in [0.5, 0.6) is 0 Å². The number of hydrogen-bond donors (Lipinski definition) is 0. The monoisotopic (exact) mass is 587 g/mol. The van der Waals surface area contributed by atoms with Gasteiger partial charge in [0.1, 0.15) is 0 Å². The first-order valence-electron chi connectivity index (χ1n) is 15.5. The van der Waals surface area contributed by atoms with E-state index in [2.05, 4.69) is 47.1 Å². The normalized spacial score (nSPS) is 21.0. The Morgan fingerprint density at radius 2 is 1.40 bits per heavy atom. The molecule has 3 aromatic rings. The number of halogens is 1. The number of amides is 2. The molecule has 0 radical (unpaired) electrons. The zero-order chi connectivity index (χ0) is 28.6. The van der Waals surface area contributed by atoms with Gasteiger partial charge in [-0.3, -0.25) is 9.59 Å². The van der Waals surface area contributed by atoms with Gasteiger partial charge >= 0.3 is 0 Å². The lowest BCUT2D eigenvalue weighted by atomic mass is 9.88. The number of nitrogens with zero attached hydrogens (tertiary/aromatic N) is 3. The quantitative estimate of drug-likeness (QED) is 0.265. The van der Waals surface area contributed by atoms with Gasteiger partial charge in [0.15, 0.2) is 0 Å². The molecule has 3 aromatic carbocycles. The molecule has 1 aliphatic heterocycles.